The topological polar surface area (TPSA) is 43.4 Å². The molecule has 1 atom stereocenters. The quantitative estimate of drug-likeness (QED) is 0.434. The highest BCUT2D eigenvalue weighted by atomic mass is 16.5. The summed E-state index contributed by atoms with van der Waals surface area (Å²) in [5.41, 5.74) is 0. The molecule has 3 heteroatoms. The van der Waals surface area contributed by atoms with Crippen LogP contribution in [-0.4, -0.2) is 18.9 Å². The molecule has 0 saturated heterocycles. The van der Waals surface area contributed by atoms with Gasteiger partial charge in [0.1, 0.15) is 11.7 Å². The van der Waals surface area contributed by atoms with Crippen molar-refractivity contribution in [3.63, 3.8) is 0 Å². The summed E-state index contributed by atoms with van der Waals surface area (Å²) in [7, 11) is 1.29. The summed E-state index contributed by atoms with van der Waals surface area (Å²) in [6.45, 7) is 3.17. The SMILES string of the molecule is CCC(C(C)=O)C(=O)OC. The van der Waals surface area contributed by atoms with Gasteiger partial charge in [-0.3, -0.25) is 9.59 Å². The fourth-order valence-electron chi connectivity index (χ4n) is 0.762. The number of carbonyl (C=O) groups is 2. The Morgan fingerprint density at radius 2 is 2.00 bits per heavy atom. The van der Waals surface area contributed by atoms with Crippen molar-refractivity contribution in [3.8, 4) is 0 Å². The van der Waals surface area contributed by atoms with Crippen molar-refractivity contribution in [1.29, 1.82) is 0 Å². The molecule has 0 aromatic heterocycles. The molecule has 0 aromatic rings. The van der Waals surface area contributed by atoms with E-state index in [0.29, 0.717) is 6.42 Å². The normalized spacial score (nSPS) is 12.3. The molecule has 0 spiro atoms. The van der Waals surface area contributed by atoms with E-state index >= 15 is 0 Å². The lowest BCUT2D eigenvalue weighted by Crippen LogP contribution is -2.22. The second kappa shape index (κ2) is 4.04. The predicted molar refractivity (Wildman–Crippen MR) is 36.5 cm³/mol. The lowest BCUT2D eigenvalue weighted by atomic mass is 10.0. The molecule has 3 nitrogen and oxygen atoms in total. The van der Waals surface area contributed by atoms with Crippen LogP contribution < -0.4 is 0 Å². The Morgan fingerprint density at radius 1 is 1.50 bits per heavy atom. The van der Waals surface area contributed by atoms with Crippen molar-refractivity contribution in [2.24, 2.45) is 5.92 Å². The van der Waals surface area contributed by atoms with Gasteiger partial charge in [0.05, 0.1) is 7.11 Å². The number of hydrogen-bond donors (Lipinski definition) is 0. The second-order valence-electron chi connectivity index (χ2n) is 2.09. The van der Waals surface area contributed by atoms with Crippen LogP contribution in [0.15, 0.2) is 0 Å². The maximum Gasteiger partial charge on any atom is 0.316 e. The number of Topliss-reactive ketones (excluding diaryl/α,β-unsaturated/α-hetero) is 1. The van der Waals surface area contributed by atoms with Crippen LogP contribution in [0.5, 0.6) is 0 Å². The number of hydrogen-bond acceptors (Lipinski definition) is 3. The van der Waals surface area contributed by atoms with Crippen LogP contribution in [0.3, 0.4) is 0 Å². The molecule has 1 unspecified atom stereocenters. The maximum absolute atomic E-state index is 10.7. The number of rotatable bonds is 3. The lowest BCUT2D eigenvalue weighted by molar-refractivity contribution is -0.148. The van der Waals surface area contributed by atoms with E-state index in [9.17, 15) is 9.59 Å². The average molecular weight is 144 g/mol. The Hall–Kier alpha value is -0.860. The number of ether oxygens (including phenoxy) is 1. The molecule has 0 saturated carbocycles. The van der Waals surface area contributed by atoms with Gasteiger partial charge in [-0.1, -0.05) is 6.92 Å². The molecular weight excluding hydrogens is 132 g/mol. The molecule has 0 N–H and O–H groups in total. The Labute approximate surface area is 60.4 Å². The number of ketones is 1. The monoisotopic (exact) mass is 144 g/mol. The molecule has 0 amide bonds. The second-order valence-corrected chi connectivity index (χ2v) is 2.09. The van der Waals surface area contributed by atoms with Crippen LogP contribution in [0.1, 0.15) is 20.3 Å². The summed E-state index contributed by atoms with van der Waals surface area (Å²) < 4.78 is 4.40. The van der Waals surface area contributed by atoms with Gasteiger partial charge in [0.25, 0.3) is 0 Å². The molecule has 10 heavy (non-hydrogen) atoms. The molecule has 0 aromatic carbocycles. The average Bonchev–Trinajstić information content (AvgIpc) is 1.88. The van der Waals surface area contributed by atoms with E-state index < -0.39 is 11.9 Å². The van der Waals surface area contributed by atoms with E-state index in [1.807, 2.05) is 0 Å². The Bertz CT molecular complexity index is 140. The van der Waals surface area contributed by atoms with Gasteiger partial charge in [0.15, 0.2) is 0 Å². The first-order valence-corrected chi connectivity index (χ1v) is 3.21. The van der Waals surface area contributed by atoms with Crippen molar-refractivity contribution < 1.29 is 14.3 Å². The van der Waals surface area contributed by atoms with Crippen LogP contribution in [-0.2, 0) is 14.3 Å². The Morgan fingerprint density at radius 3 is 2.10 bits per heavy atom. The van der Waals surface area contributed by atoms with E-state index in [0.717, 1.165) is 0 Å². The van der Waals surface area contributed by atoms with Crippen LogP contribution >= 0.6 is 0 Å². The predicted octanol–water partition coefficient (Wildman–Crippen LogP) is 0.775. The zero-order valence-corrected chi connectivity index (χ0v) is 6.51. The van der Waals surface area contributed by atoms with Gasteiger partial charge in [-0.05, 0) is 13.3 Å². The van der Waals surface area contributed by atoms with E-state index in [1.165, 1.54) is 14.0 Å². The molecule has 0 fully saturated rings. The first kappa shape index (κ1) is 9.14. The molecular formula is C7H12O3. The van der Waals surface area contributed by atoms with Crippen molar-refractivity contribution in [2.75, 3.05) is 7.11 Å². The minimum atomic E-state index is -0.565. The van der Waals surface area contributed by atoms with Crippen molar-refractivity contribution in [1.82, 2.24) is 0 Å². The Kier molecular flexibility index (Phi) is 3.69. The largest absolute Gasteiger partial charge is 0.468 e. The summed E-state index contributed by atoms with van der Waals surface area (Å²) in [5.74, 6) is -1.13. The standard InChI is InChI=1S/C7H12O3/c1-4-6(5(2)8)7(9)10-3/h6H,4H2,1-3H3. The summed E-state index contributed by atoms with van der Waals surface area (Å²) in [6.07, 6.45) is 0.516. The van der Waals surface area contributed by atoms with Crippen LogP contribution in [0, 0.1) is 5.92 Å². The van der Waals surface area contributed by atoms with E-state index in [2.05, 4.69) is 4.74 Å². The zero-order valence-electron chi connectivity index (χ0n) is 6.51. The first-order valence-electron chi connectivity index (χ1n) is 3.21. The van der Waals surface area contributed by atoms with Crippen LogP contribution in [0.4, 0.5) is 0 Å². The highest BCUT2D eigenvalue weighted by Crippen LogP contribution is 2.05. The molecule has 0 aliphatic carbocycles. The van der Waals surface area contributed by atoms with Crippen molar-refractivity contribution in [2.45, 2.75) is 20.3 Å². The number of esters is 1. The van der Waals surface area contributed by atoms with Crippen molar-refractivity contribution in [3.05, 3.63) is 0 Å². The van der Waals surface area contributed by atoms with Crippen LogP contribution in [0.25, 0.3) is 0 Å². The number of carbonyl (C=O) groups excluding carboxylic acids is 2. The van der Waals surface area contributed by atoms with Gasteiger partial charge in [-0.2, -0.15) is 0 Å². The first-order chi connectivity index (χ1) is 4.63. The summed E-state index contributed by atoms with van der Waals surface area (Å²) in [5, 5.41) is 0. The van der Waals surface area contributed by atoms with Gasteiger partial charge >= 0.3 is 5.97 Å². The molecule has 0 aliphatic rings. The highest BCUT2D eigenvalue weighted by Gasteiger charge is 2.20. The minimum Gasteiger partial charge on any atom is -0.468 e. The zero-order chi connectivity index (χ0) is 8.15. The lowest BCUT2D eigenvalue weighted by Gasteiger charge is -2.06. The van der Waals surface area contributed by atoms with Crippen LogP contribution in [0.2, 0.25) is 0 Å². The molecule has 0 heterocycles. The minimum absolute atomic E-state index is 0.130. The van der Waals surface area contributed by atoms with Gasteiger partial charge in [-0.25, -0.2) is 0 Å². The third kappa shape index (κ3) is 2.17. The third-order valence-corrected chi connectivity index (χ3v) is 1.38. The molecule has 0 radical (unpaired) electrons. The molecule has 58 valence electrons. The smallest absolute Gasteiger partial charge is 0.316 e. The van der Waals surface area contributed by atoms with Gasteiger partial charge in [0.2, 0.25) is 0 Å². The van der Waals surface area contributed by atoms with Gasteiger partial charge in [-0.15, -0.1) is 0 Å². The highest BCUT2D eigenvalue weighted by molar-refractivity contribution is 5.97. The fraction of sp³-hybridized carbons (Fsp3) is 0.714. The van der Waals surface area contributed by atoms with E-state index in [-0.39, 0.29) is 5.78 Å². The van der Waals surface area contributed by atoms with E-state index in [4.69, 9.17) is 0 Å². The summed E-state index contributed by atoms with van der Waals surface area (Å²) in [4.78, 5) is 21.4. The van der Waals surface area contributed by atoms with Gasteiger partial charge in [0, 0.05) is 0 Å². The molecule has 0 aliphatic heterocycles. The third-order valence-electron chi connectivity index (χ3n) is 1.38. The Balaban J connectivity index is 4.06. The fourth-order valence-corrected chi connectivity index (χ4v) is 0.762. The number of methoxy groups -OCH3 is 1. The summed E-state index contributed by atoms with van der Waals surface area (Å²) in [6, 6.07) is 0. The van der Waals surface area contributed by atoms with E-state index in [1.54, 1.807) is 6.92 Å². The summed E-state index contributed by atoms with van der Waals surface area (Å²) >= 11 is 0. The van der Waals surface area contributed by atoms with Gasteiger partial charge < -0.3 is 4.74 Å². The molecule has 0 bridgehead atoms. The molecule has 0 rings (SSSR count). The van der Waals surface area contributed by atoms with Crippen molar-refractivity contribution >= 4 is 11.8 Å². The maximum atomic E-state index is 10.7.